The van der Waals surface area contributed by atoms with Crippen molar-refractivity contribution in [3.05, 3.63) is 53.3 Å². The zero-order valence-corrected chi connectivity index (χ0v) is 13.6. The summed E-state index contributed by atoms with van der Waals surface area (Å²) in [6, 6.07) is 13.4. The van der Waals surface area contributed by atoms with Gasteiger partial charge in [-0.25, -0.2) is 9.97 Å². The van der Waals surface area contributed by atoms with E-state index >= 15 is 0 Å². The van der Waals surface area contributed by atoms with Crippen molar-refractivity contribution in [1.82, 2.24) is 9.97 Å². The van der Waals surface area contributed by atoms with Gasteiger partial charge in [-0.05, 0) is 35.9 Å². The summed E-state index contributed by atoms with van der Waals surface area (Å²) in [5.74, 6) is 2.20. The predicted octanol–water partition coefficient (Wildman–Crippen LogP) is 3.91. The molecule has 118 valence electrons. The van der Waals surface area contributed by atoms with Crippen LogP contribution in [0.25, 0.3) is 10.9 Å². The maximum atomic E-state index is 6.00. The zero-order valence-electron chi connectivity index (χ0n) is 12.8. The lowest BCUT2D eigenvalue weighted by Crippen LogP contribution is -2.05. The monoisotopic (exact) mass is 329 g/mol. The number of nitrogens with one attached hydrogen (secondary N) is 1. The number of anilines is 1. The minimum absolute atomic E-state index is 0.216. The molecule has 6 heteroatoms. The molecule has 3 rings (SSSR count). The van der Waals surface area contributed by atoms with Crippen molar-refractivity contribution in [2.75, 3.05) is 19.5 Å². The molecule has 0 fully saturated rings. The molecule has 1 heterocycles. The van der Waals surface area contributed by atoms with Crippen molar-refractivity contribution in [1.29, 1.82) is 0 Å². The van der Waals surface area contributed by atoms with Gasteiger partial charge >= 0.3 is 0 Å². The number of hydrogen-bond donors (Lipinski definition) is 1. The largest absolute Gasteiger partial charge is 0.497 e. The fraction of sp³-hybridized carbons (Fsp3) is 0.176. The molecule has 1 aromatic heterocycles. The van der Waals surface area contributed by atoms with Crippen LogP contribution in [0.3, 0.4) is 0 Å². The Kier molecular flexibility index (Phi) is 4.48. The predicted molar refractivity (Wildman–Crippen MR) is 91.4 cm³/mol. The zero-order chi connectivity index (χ0) is 16.2. The number of para-hydroxylation sites is 1. The molecule has 0 saturated heterocycles. The van der Waals surface area contributed by atoms with Gasteiger partial charge in [-0.15, -0.1) is 0 Å². The summed E-state index contributed by atoms with van der Waals surface area (Å²) in [5.41, 5.74) is 1.80. The van der Waals surface area contributed by atoms with Crippen molar-refractivity contribution in [2.24, 2.45) is 0 Å². The van der Waals surface area contributed by atoms with Crippen LogP contribution in [0.1, 0.15) is 5.56 Å². The van der Waals surface area contributed by atoms with Gasteiger partial charge in [-0.1, -0.05) is 12.1 Å². The van der Waals surface area contributed by atoms with E-state index in [4.69, 9.17) is 21.1 Å². The van der Waals surface area contributed by atoms with Gasteiger partial charge in [0.1, 0.15) is 17.3 Å². The summed E-state index contributed by atoms with van der Waals surface area (Å²) in [5, 5.41) is 4.44. The molecular weight excluding hydrogens is 314 g/mol. The first-order valence-corrected chi connectivity index (χ1v) is 7.46. The normalized spacial score (nSPS) is 10.6. The Morgan fingerprint density at radius 1 is 1.04 bits per heavy atom. The van der Waals surface area contributed by atoms with E-state index in [1.165, 1.54) is 0 Å². The lowest BCUT2D eigenvalue weighted by Gasteiger charge is -2.13. The van der Waals surface area contributed by atoms with Crippen molar-refractivity contribution in [3.63, 3.8) is 0 Å². The van der Waals surface area contributed by atoms with Gasteiger partial charge in [0.25, 0.3) is 0 Å². The Balaban J connectivity index is 1.89. The molecule has 5 nitrogen and oxygen atoms in total. The number of nitrogens with zero attached hydrogens (tertiary/aromatic N) is 2. The quantitative estimate of drug-likeness (QED) is 0.719. The fourth-order valence-electron chi connectivity index (χ4n) is 2.36. The van der Waals surface area contributed by atoms with Crippen LogP contribution in [0.15, 0.2) is 42.5 Å². The van der Waals surface area contributed by atoms with Crippen LogP contribution in [0.5, 0.6) is 11.5 Å². The van der Waals surface area contributed by atoms with E-state index in [-0.39, 0.29) is 5.28 Å². The topological polar surface area (TPSA) is 56.3 Å². The van der Waals surface area contributed by atoms with E-state index < -0.39 is 0 Å². The minimum atomic E-state index is 0.216. The Morgan fingerprint density at radius 3 is 2.65 bits per heavy atom. The molecule has 0 unspecified atom stereocenters. The maximum absolute atomic E-state index is 6.00. The van der Waals surface area contributed by atoms with Gasteiger partial charge in [0, 0.05) is 23.6 Å². The molecular formula is C17H16ClN3O2. The summed E-state index contributed by atoms with van der Waals surface area (Å²) in [6.45, 7) is 0.546. The van der Waals surface area contributed by atoms with Crippen LogP contribution in [-0.2, 0) is 6.54 Å². The summed E-state index contributed by atoms with van der Waals surface area (Å²) >= 11 is 6.00. The van der Waals surface area contributed by atoms with E-state index in [1.54, 1.807) is 14.2 Å². The number of methoxy groups -OCH3 is 2. The maximum Gasteiger partial charge on any atom is 0.224 e. The standard InChI is InChI=1S/C17H16ClN3O2/c1-22-12-8-7-11(15(9-12)23-2)10-19-16-13-5-3-4-6-14(13)20-17(18)21-16/h3-9H,10H2,1-2H3,(H,19,20,21). The lowest BCUT2D eigenvalue weighted by molar-refractivity contribution is 0.391. The fourth-order valence-corrected chi connectivity index (χ4v) is 2.54. The Labute approximate surface area is 139 Å². The van der Waals surface area contributed by atoms with Crippen LogP contribution in [0, 0.1) is 0 Å². The van der Waals surface area contributed by atoms with Crippen LogP contribution >= 0.6 is 11.6 Å². The third-order valence-electron chi connectivity index (χ3n) is 3.52. The average Bonchev–Trinajstić information content (AvgIpc) is 2.59. The molecule has 2 aromatic carbocycles. The molecule has 0 atom stereocenters. The molecule has 0 radical (unpaired) electrons. The van der Waals surface area contributed by atoms with E-state index in [2.05, 4.69) is 15.3 Å². The third kappa shape index (κ3) is 3.29. The number of aromatic nitrogens is 2. The molecule has 0 amide bonds. The highest BCUT2D eigenvalue weighted by atomic mass is 35.5. The van der Waals surface area contributed by atoms with E-state index in [0.717, 1.165) is 28.0 Å². The second kappa shape index (κ2) is 6.71. The first-order chi connectivity index (χ1) is 11.2. The first-order valence-electron chi connectivity index (χ1n) is 7.08. The number of benzene rings is 2. The molecule has 23 heavy (non-hydrogen) atoms. The highest BCUT2D eigenvalue weighted by molar-refractivity contribution is 6.28. The number of ether oxygens (including phenoxy) is 2. The first kappa shape index (κ1) is 15.4. The molecule has 0 aliphatic carbocycles. The summed E-state index contributed by atoms with van der Waals surface area (Å²) in [6.07, 6.45) is 0. The number of rotatable bonds is 5. The number of fused-ring (bicyclic) bond motifs is 1. The van der Waals surface area contributed by atoms with Gasteiger partial charge in [0.15, 0.2) is 0 Å². The molecule has 0 spiro atoms. The van der Waals surface area contributed by atoms with Gasteiger partial charge in [0.2, 0.25) is 5.28 Å². The Morgan fingerprint density at radius 2 is 1.87 bits per heavy atom. The van der Waals surface area contributed by atoms with E-state index in [9.17, 15) is 0 Å². The van der Waals surface area contributed by atoms with Crippen molar-refractivity contribution in [2.45, 2.75) is 6.54 Å². The van der Waals surface area contributed by atoms with Crippen LogP contribution in [-0.4, -0.2) is 24.2 Å². The summed E-state index contributed by atoms with van der Waals surface area (Å²) < 4.78 is 10.6. The molecule has 1 N–H and O–H groups in total. The lowest BCUT2D eigenvalue weighted by atomic mass is 10.2. The molecule has 0 saturated carbocycles. The molecule has 0 bridgehead atoms. The van der Waals surface area contributed by atoms with Gasteiger partial charge in [-0.3, -0.25) is 0 Å². The average molecular weight is 330 g/mol. The van der Waals surface area contributed by atoms with Crippen molar-refractivity contribution >= 4 is 28.3 Å². The highest BCUT2D eigenvalue weighted by Crippen LogP contribution is 2.27. The van der Waals surface area contributed by atoms with Crippen LogP contribution in [0.2, 0.25) is 5.28 Å². The number of hydrogen-bond acceptors (Lipinski definition) is 5. The highest BCUT2D eigenvalue weighted by Gasteiger charge is 2.09. The van der Waals surface area contributed by atoms with Gasteiger partial charge in [0.05, 0.1) is 19.7 Å². The summed E-state index contributed by atoms with van der Waals surface area (Å²) in [7, 11) is 3.26. The minimum Gasteiger partial charge on any atom is -0.497 e. The second-order valence-electron chi connectivity index (χ2n) is 4.89. The Hall–Kier alpha value is -2.53. The summed E-state index contributed by atoms with van der Waals surface area (Å²) in [4.78, 5) is 8.50. The van der Waals surface area contributed by atoms with E-state index in [1.807, 2.05) is 42.5 Å². The van der Waals surface area contributed by atoms with E-state index in [0.29, 0.717) is 12.4 Å². The second-order valence-corrected chi connectivity index (χ2v) is 5.23. The third-order valence-corrected chi connectivity index (χ3v) is 3.69. The molecule has 0 aliphatic rings. The van der Waals surface area contributed by atoms with Crippen molar-refractivity contribution in [3.8, 4) is 11.5 Å². The van der Waals surface area contributed by atoms with Gasteiger partial charge < -0.3 is 14.8 Å². The molecule has 3 aromatic rings. The van der Waals surface area contributed by atoms with Crippen molar-refractivity contribution < 1.29 is 9.47 Å². The number of halogens is 1. The van der Waals surface area contributed by atoms with Gasteiger partial charge in [-0.2, -0.15) is 0 Å². The molecule has 0 aliphatic heterocycles. The smallest absolute Gasteiger partial charge is 0.224 e. The SMILES string of the molecule is COc1ccc(CNc2nc(Cl)nc3ccccc23)c(OC)c1. The van der Waals surface area contributed by atoms with Crippen LogP contribution in [0.4, 0.5) is 5.82 Å². The Bertz CT molecular complexity index is 839. The van der Waals surface area contributed by atoms with Crippen LogP contribution < -0.4 is 14.8 Å².